The lowest BCUT2D eigenvalue weighted by atomic mass is 10.1. The van der Waals surface area contributed by atoms with Crippen LogP contribution in [0.5, 0.6) is 0 Å². The molecule has 1 fully saturated rings. The van der Waals surface area contributed by atoms with Crippen LogP contribution in [-0.4, -0.2) is 19.2 Å². The lowest BCUT2D eigenvalue weighted by Crippen LogP contribution is -2.28. The molecule has 0 saturated carbocycles. The molecule has 0 atom stereocenters. The molecule has 0 aliphatic carbocycles. The van der Waals surface area contributed by atoms with E-state index in [1.54, 1.807) is 0 Å². The summed E-state index contributed by atoms with van der Waals surface area (Å²) in [7, 11) is 0. The Balaban J connectivity index is 1.86. The Morgan fingerprint density at radius 2 is 1.72 bits per heavy atom. The van der Waals surface area contributed by atoms with Gasteiger partial charge in [-0.2, -0.15) is 13.2 Å². The van der Waals surface area contributed by atoms with Crippen molar-refractivity contribution in [2.24, 2.45) is 0 Å². The molecule has 1 aromatic rings. The van der Waals surface area contributed by atoms with Crippen LogP contribution in [0.3, 0.4) is 0 Å². The number of hydrogen-bond acceptors (Lipinski definition) is 1. The highest BCUT2D eigenvalue weighted by molar-refractivity contribution is 5.24. The number of rotatable bonds is 3. The van der Waals surface area contributed by atoms with Gasteiger partial charge < -0.3 is 4.74 Å². The molecule has 2 rings (SSSR count). The summed E-state index contributed by atoms with van der Waals surface area (Å²) in [5.74, 6) is 0. The number of piperidine rings is 1. The van der Waals surface area contributed by atoms with Gasteiger partial charge in [-0.1, -0.05) is 12.1 Å². The molecule has 0 amide bonds. The van der Waals surface area contributed by atoms with Gasteiger partial charge >= 0.3 is 6.18 Å². The van der Waals surface area contributed by atoms with E-state index in [9.17, 15) is 13.2 Å². The van der Waals surface area contributed by atoms with Crippen LogP contribution in [-0.2, 0) is 17.5 Å². The Morgan fingerprint density at radius 3 is 2.28 bits per heavy atom. The third-order valence-corrected chi connectivity index (χ3v) is 2.99. The molecule has 2 nitrogen and oxygen atoms in total. The highest BCUT2D eigenvalue weighted by Gasteiger charge is 2.29. The van der Waals surface area contributed by atoms with E-state index in [0.717, 1.165) is 43.6 Å². The van der Waals surface area contributed by atoms with Gasteiger partial charge in [0.1, 0.15) is 0 Å². The van der Waals surface area contributed by atoms with E-state index in [1.807, 2.05) is 0 Å². The van der Waals surface area contributed by atoms with Crippen molar-refractivity contribution in [3.63, 3.8) is 0 Å². The van der Waals surface area contributed by atoms with Crippen LogP contribution in [0, 0.1) is 0 Å². The first-order valence-corrected chi connectivity index (χ1v) is 5.97. The van der Waals surface area contributed by atoms with Gasteiger partial charge in [0.05, 0.1) is 18.3 Å². The second-order valence-electron chi connectivity index (χ2n) is 4.38. The number of alkyl halides is 3. The van der Waals surface area contributed by atoms with Crippen molar-refractivity contribution in [3.05, 3.63) is 35.4 Å². The highest BCUT2D eigenvalue weighted by Crippen LogP contribution is 2.29. The number of nitrogens with zero attached hydrogens (tertiary/aromatic N) is 1. The van der Waals surface area contributed by atoms with E-state index in [2.05, 4.69) is 5.32 Å². The first-order valence-electron chi connectivity index (χ1n) is 5.97. The topological polar surface area (TPSA) is 23.3 Å². The average Bonchev–Trinajstić information content (AvgIpc) is 2.37. The molecule has 5 heteroatoms. The van der Waals surface area contributed by atoms with Gasteiger partial charge in [-0.25, -0.2) is 5.32 Å². The van der Waals surface area contributed by atoms with Gasteiger partial charge in [-0.05, 0) is 30.5 Å². The minimum atomic E-state index is -4.27. The minimum Gasteiger partial charge on any atom is -0.373 e. The Hall–Kier alpha value is -1.07. The summed E-state index contributed by atoms with van der Waals surface area (Å²) in [6.07, 6.45) is -2.28. The third-order valence-electron chi connectivity index (χ3n) is 2.99. The van der Waals surface area contributed by atoms with Crippen LogP contribution in [0.4, 0.5) is 13.2 Å². The van der Waals surface area contributed by atoms with E-state index in [1.165, 1.54) is 12.1 Å². The fourth-order valence-electron chi connectivity index (χ4n) is 1.90. The van der Waals surface area contributed by atoms with Gasteiger partial charge in [0, 0.05) is 13.1 Å². The zero-order valence-corrected chi connectivity index (χ0v) is 9.91. The minimum absolute atomic E-state index is 0.185. The normalized spacial score (nSPS) is 17.9. The van der Waals surface area contributed by atoms with Crippen LogP contribution < -0.4 is 5.32 Å². The molecule has 0 spiro atoms. The lowest BCUT2D eigenvalue weighted by molar-refractivity contribution is -0.137. The Bertz CT molecular complexity index is 369. The van der Waals surface area contributed by atoms with Crippen LogP contribution in [0.2, 0.25) is 0 Å². The van der Waals surface area contributed by atoms with E-state index >= 15 is 0 Å². The lowest BCUT2D eigenvalue weighted by Gasteiger charge is -2.22. The third kappa shape index (κ3) is 3.71. The number of ether oxygens (including phenoxy) is 1. The molecule has 1 aromatic carbocycles. The molecule has 0 N–H and O–H groups in total. The quantitative estimate of drug-likeness (QED) is 0.817. The molecule has 1 saturated heterocycles. The van der Waals surface area contributed by atoms with Crippen molar-refractivity contribution in [2.75, 3.05) is 13.1 Å². The first kappa shape index (κ1) is 13.4. The standard InChI is InChI=1S/C13H15F3NO/c14-13(15,16)11-3-1-10(2-4-11)9-18-12-5-7-17-8-6-12/h1-4,12H,5-9H2. The zero-order chi connectivity index (χ0) is 13.0. The smallest absolute Gasteiger partial charge is 0.373 e. The summed E-state index contributed by atoms with van der Waals surface area (Å²) in [5.41, 5.74) is 0.147. The van der Waals surface area contributed by atoms with Gasteiger partial charge in [0.2, 0.25) is 0 Å². The van der Waals surface area contributed by atoms with Gasteiger partial charge in [-0.15, -0.1) is 0 Å². The molecular formula is C13H15F3NO. The fraction of sp³-hybridized carbons (Fsp3) is 0.538. The second-order valence-corrected chi connectivity index (χ2v) is 4.38. The molecule has 1 heterocycles. The number of hydrogen-bond donors (Lipinski definition) is 0. The van der Waals surface area contributed by atoms with Gasteiger partial charge in [0.15, 0.2) is 0 Å². The zero-order valence-electron chi connectivity index (χ0n) is 9.91. The monoisotopic (exact) mass is 258 g/mol. The molecule has 0 unspecified atom stereocenters. The summed E-state index contributed by atoms with van der Waals surface area (Å²) >= 11 is 0. The van der Waals surface area contributed by atoms with Gasteiger partial charge in [0.25, 0.3) is 0 Å². The Morgan fingerprint density at radius 1 is 1.11 bits per heavy atom. The van der Waals surface area contributed by atoms with E-state index in [4.69, 9.17) is 4.74 Å². The van der Waals surface area contributed by atoms with Crippen LogP contribution in [0.1, 0.15) is 24.0 Å². The molecule has 1 aliphatic heterocycles. The van der Waals surface area contributed by atoms with E-state index in [0.29, 0.717) is 6.61 Å². The first-order chi connectivity index (χ1) is 8.55. The van der Waals surface area contributed by atoms with Crippen LogP contribution in [0.15, 0.2) is 24.3 Å². The predicted octanol–water partition coefficient (Wildman–Crippen LogP) is 2.99. The van der Waals surface area contributed by atoms with Gasteiger partial charge in [-0.3, -0.25) is 0 Å². The summed E-state index contributed by atoms with van der Waals surface area (Å²) in [6.45, 7) is 2.00. The number of benzene rings is 1. The maximum atomic E-state index is 12.4. The van der Waals surface area contributed by atoms with E-state index in [-0.39, 0.29) is 6.10 Å². The largest absolute Gasteiger partial charge is 0.416 e. The van der Waals surface area contributed by atoms with Crippen molar-refractivity contribution in [3.8, 4) is 0 Å². The van der Waals surface area contributed by atoms with Crippen LogP contribution >= 0.6 is 0 Å². The van der Waals surface area contributed by atoms with Crippen molar-refractivity contribution in [1.29, 1.82) is 0 Å². The molecule has 18 heavy (non-hydrogen) atoms. The van der Waals surface area contributed by atoms with Crippen molar-refractivity contribution >= 4 is 0 Å². The molecule has 0 bridgehead atoms. The maximum Gasteiger partial charge on any atom is 0.416 e. The predicted molar refractivity (Wildman–Crippen MR) is 61.1 cm³/mol. The summed E-state index contributed by atoms with van der Waals surface area (Å²) < 4.78 is 42.7. The second kappa shape index (κ2) is 5.71. The molecule has 99 valence electrons. The highest BCUT2D eigenvalue weighted by atomic mass is 19.4. The van der Waals surface area contributed by atoms with E-state index < -0.39 is 11.7 Å². The molecule has 1 radical (unpaired) electrons. The Kier molecular flexibility index (Phi) is 4.24. The summed E-state index contributed by atoms with van der Waals surface area (Å²) in [6, 6.07) is 5.12. The molecule has 1 aliphatic rings. The number of halogens is 3. The summed E-state index contributed by atoms with van der Waals surface area (Å²) in [5, 5.41) is 4.22. The van der Waals surface area contributed by atoms with Crippen LogP contribution in [0.25, 0.3) is 0 Å². The maximum absolute atomic E-state index is 12.4. The van der Waals surface area contributed by atoms with Crippen molar-refractivity contribution < 1.29 is 17.9 Å². The Labute approximate surface area is 104 Å². The molecule has 0 aromatic heterocycles. The molecular weight excluding hydrogens is 243 g/mol. The van der Waals surface area contributed by atoms with Crippen molar-refractivity contribution in [1.82, 2.24) is 5.32 Å². The average molecular weight is 258 g/mol. The van der Waals surface area contributed by atoms with Crippen molar-refractivity contribution in [2.45, 2.75) is 31.7 Å². The SMILES string of the molecule is FC(F)(F)c1ccc(COC2CC[N]CC2)cc1. The summed E-state index contributed by atoms with van der Waals surface area (Å²) in [4.78, 5) is 0. The fourth-order valence-corrected chi connectivity index (χ4v) is 1.90.